The van der Waals surface area contributed by atoms with Crippen molar-refractivity contribution in [2.45, 2.75) is 26.3 Å². The molecule has 0 saturated carbocycles. The number of carbonyl (C=O) groups is 2. The van der Waals surface area contributed by atoms with E-state index in [0.29, 0.717) is 13.1 Å². The van der Waals surface area contributed by atoms with Gasteiger partial charge >= 0.3 is 0 Å². The second kappa shape index (κ2) is 8.93. The molecule has 30 heavy (non-hydrogen) atoms. The van der Waals surface area contributed by atoms with E-state index in [4.69, 9.17) is 0 Å². The zero-order valence-electron chi connectivity index (χ0n) is 17.3. The first kappa shape index (κ1) is 20.5. The van der Waals surface area contributed by atoms with Gasteiger partial charge in [-0.05, 0) is 36.8 Å². The highest BCUT2D eigenvalue weighted by molar-refractivity contribution is 7.18. The SMILES string of the molecule is CC(=O)N1CCN([C@@H](C)C(=O)Nc2ccc(Cc3nc4ccccc4s3)cc2)CC1. The molecule has 156 valence electrons. The van der Waals surface area contributed by atoms with E-state index in [0.717, 1.165) is 35.7 Å². The quantitative estimate of drug-likeness (QED) is 0.685. The Balaban J connectivity index is 1.32. The first-order chi connectivity index (χ1) is 14.5. The van der Waals surface area contributed by atoms with Crippen molar-refractivity contribution in [3.8, 4) is 0 Å². The normalized spacial score (nSPS) is 15.9. The number of amides is 2. The highest BCUT2D eigenvalue weighted by atomic mass is 32.1. The number of fused-ring (bicyclic) bond motifs is 1. The first-order valence-electron chi connectivity index (χ1n) is 10.2. The molecule has 1 atom stereocenters. The van der Waals surface area contributed by atoms with Gasteiger partial charge in [-0.1, -0.05) is 24.3 Å². The number of carbonyl (C=O) groups excluding carboxylic acids is 2. The van der Waals surface area contributed by atoms with Crippen LogP contribution in [0.3, 0.4) is 0 Å². The lowest BCUT2D eigenvalue weighted by atomic mass is 10.1. The van der Waals surface area contributed by atoms with E-state index in [1.54, 1.807) is 18.3 Å². The second-order valence-corrected chi connectivity index (χ2v) is 8.77. The predicted octanol–water partition coefficient (Wildman–Crippen LogP) is 3.38. The number of hydrogen-bond donors (Lipinski definition) is 1. The Kier molecular flexibility index (Phi) is 6.11. The van der Waals surface area contributed by atoms with Gasteiger partial charge in [0.2, 0.25) is 11.8 Å². The van der Waals surface area contributed by atoms with Crippen molar-refractivity contribution < 1.29 is 9.59 Å². The summed E-state index contributed by atoms with van der Waals surface area (Å²) in [6, 6.07) is 15.9. The monoisotopic (exact) mass is 422 g/mol. The standard InChI is InChI=1S/C23H26N4O2S/c1-16(26-11-13-27(14-12-26)17(2)28)23(29)24-19-9-7-18(8-10-19)15-22-25-20-5-3-4-6-21(20)30-22/h3-10,16H,11-15H2,1-2H3,(H,24,29)/t16-/m0/s1. The molecular formula is C23H26N4O2S. The van der Waals surface area contributed by atoms with E-state index in [1.807, 2.05) is 54.3 Å². The van der Waals surface area contributed by atoms with Crippen LogP contribution in [0.15, 0.2) is 48.5 Å². The van der Waals surface area contributed by atoms with Gasteiger partial charge in [0, 0.05) is 45.2 Å². The Morgan fingerprint density at radius 3 is 2.43 bits per heavy atom. The Morgan fingerprint density at radius 2 is 1.77 bits per heavy atom. The van der Waals surface area contributed by atoms with E-state index in [2.05, 4.69) is 21.3 Å². The molecule has 1 aromatic heterocycles. The van der Waals surface area contributed by atoms with Gasteiger partial charge in [0.05, 0.1) is 21.3 Å². The van der Waals surface area contributed by atoms with Crippen LogP contribution in [0.2, 0.25) is 0 Å². The number of anilines is 1. The summed E-state index contributed by atoms with van der Waals surface area (Å²) in [6.45, 7) is 6.29. The molecule has 3 aromatic rings. The molecule has 0 bridgehead atoms. The number of benzene rings is 2. The summed E-state index contributed by atoms with van der Waals surface area (Å²) < 4.78 is 1.20. The first-order valence-corrected chi connectivity index (χ1v) is 11.0. The lowest BCUT2D eigenvalue weighted by molar-refractivity contribution is -0.131. The van der Waals surface area contributed by atoms with E-state index in [-0.39, 0.29) is 17.9 Å². The van der Waals surface area contributed by atoms with E-state index in [9.17, 15) is 9.59 Å². The van der Waals surface area contributed by atoms with Crippen LogP contribution < -0.4 is 5.32 Å². The van der Waals surface area contributed by atoms with Crippen LogP contribution >= 0.6 is 11.3 Å². The number of nitrogens with one attached hydrogen (secondary N) is 1. The van der Waals surface area contributed by atoms with Crippen molar-refractivity contribution in [1.29, 1.82) is 0 Å². The molecule has 7 heteroatoms. The lowest BCUT2D eigenvalue weighted by Crippen LogP contribution is -2.53. The number of aromatic nitrogens is 1. The van der Waals surface area contributed by atoms with E-state index >= 15 is 0 Å². The second-order valence-electron chi connectivity index (χ2n) is 7.66. The number of piperazine rings is 1. The third kappa shape index (κ3) is 4.68. The van der Waals surface area contributed by atoms with Crippen molar-refractivity contribution in [1.82, 2.24) is 14.8 Å². The molecule has 1 aliphatic rings. The fourth-order valence-electron chi connectivity index (χ4n) is 3.71. The van der Waals surface area contributed by atoms with Crippen LogP contribution in [0.1, 0.15) is 24.4 Å². The molecule has 2 amide bonds. The summed E-state index contributed by atoms with van der Waals surface area (Å²) in [7, 11) is 0. The van der Waals surface area contributed by atoms with Gasteiger partial charge in [-0.2, -0.15) is 0 Å². The maximum atomic E-state index is 12.7. The topological polar surface area (TPSA) is 65.5 Å². The molecule has 1 N–H and O–H groups in total. The Labute approximate surface area is 180 Å². The summed E-state index contributed by atoms with van der Waals surface area (Å²) in [5, 5.41) is 4.10. The predicted molar refractivity (Wildman–Crippen MR) is 121 cm³/mol. The van der Waals surface area contributed by atoms with Crippen molar-refractivity contribution in [2.75, 3.05) is 31.5 Å². The summed E-state index contributed by atoms with van der Waals surface area (Å²) in [5.74, 6) is 0.0721. The lowest BCUT2D eigenvalue weighted by Gasteiger charge is -2.37. The zero-order valence-corrected chi connectivity index (χ0v) is 18.1. The molecule has 0 radical (unpaired) electrons. The largest absolute Gasteiger partial charge is 0.340 e. The Bertz CT molecular complexity index is 1010. The fourth-order valence-corrected chi connectivity index (χ4v) is 4.71. The van der Waals surface area contributed by atoms with E-state index < -0.39 is 0 Å². The molecule has 0 spiro atoms. The highest BCUT2D eigenvalue weighted by Crippen LogP contribution is 2.24. The number of nitrogens with zero attached hydrogens (tertiary/aromatic N) is 3. The fraction of sp³-hybridized carbons (Fsp3) is 0.348. The summed E-state index contributed by atoms with van der Waals surface area (Å²) in [6.07, 6.45) is 0.782. The van der Waals surface area contributed by atoms with Gasteiger partial charge in [-0.3, -0.25) is 14.5 Å². The summed E-state index contributed by atoms with van der Waals surface area (Å²) in [4.78, 5) is 32.8. The van der Waals surface area contributed by atoms with Crippen LogP contribution in [0, 0.1) is 0 Å². The van der Waals surface area contributed by atoms with Crippen LogP contribution in [-0.2, 0) is 16.0 Å². The minimum Gasteiger partial charge on any atom is -0.340 e. The van der Waals surface area contributed by atoms with E-state index in [1.165, 1.54) is 10.3 Å². The van der Waals surface area contributed by atoms with Crippen molar-refractivity contribution >= 4 is 39.1 Å². The molecule has 0 unspecified atom stereocenters. The average molecular weight is 423 g/mol. The Hall–Kier alpha value is -2.77. The summed E-state index contributed by atoms with van der Waals surface area (Å²) >= 11 is 1.72. The van der Waals surface area contributed by atoms with Crippen LogP contribution in [0.5, 0.6) is 0 Å². The van der Waals surface area contributed by atoms with Gasteiger partial charge in [0.15, 0.2) is 0 Å². The van der Waals surface area contributed by atoms with Gasteiger partial charge in [-0.15, -0.1) is 11.3 Å². The minimum atomic E-state index is -0.235. The molecule has 1 aliphatic heterocycles. The zero-order chi connectivity index (χ0) is 21.1. The molecule has 2 heterocycles. The smallest absolute Gasteiger partial charge is 0.241 e. The molecule has 0 aliphatic carbocycles. The third-order valence-electron chi connectivity index (χ3n) is 5.60. The summed E-state index contributed by atoms with van der Waals surface area (Å²) in [5.41, 5.74) is 3.00. The van der Waals surface area contributed by atoms with Crippen molar-refractivity contribution in [3.63, 3.8) is 0 Å². The maximum Gasteiger partial charge on any atom is 0.241 e. The molecule has 4 rings (SSSR count). The highest BCUT2D eigenvalue weighted by Gasteiger charge is 2.26. The molecule has 1 fully saturated rings. The van der Waals surface area contributed by atoms with Crippen molar-refractivity contribution in [2.24, 2.45) is 0 Å². The van der Waals surface area contributed by atoms with Crippen molar-refractivity contribution in [3.05, 3.63) is 59.1 Å². The van der Waals surface area contributed by atoms with Gasteiger partial charge in [-0.25, -0.2) is 4.98 Å². The Morgan fingerprint density at radius 1 is 1.07 bits per heavy atom. The average Bonchev–Trinajstić information content (AvgIpc) is 3.17. The minimum absolute atomic E-state index is 0.0230. The maximum absolute atomic E-state index is 12.7. The van der Waals surface area contributed by atoms with Crippen LogP contribution in [0.4, 0.5) is 5.69 Å². The molecule has 1 saturated heterocycles. The molecule has 2 aromatic carbocycles. The van der Waals surface area contributed by atoms with Gasteiger partial charge in [0.1, 0.15) is 0 Å². The number of hydrogen-bond acceptors (Lipinski definition) is 5. The van der Waals surface area contributed by atoms with Gasteiger partial charge in [0.25, 0.3) is 0 Å². The van der Waals surface area contributed by atoms with Crippen LogP contribution in [0.25, 0.3) is 10.2 Å². The van der Waals surface area contributed by atoms with Gasteiger partial charge < -0.3 is 10.2 Å². The number of para-hydroxylation sites is 1. The number of thiazole rings is 1. The molecule has 6 nitrogen and oxygen atoms in total. The number of rotatable bonds is 5. The van der Waals surface area contributed by atoms with Crippen LogP contribution in [-0.4, -0.2) is 58.8 Å². The third-order valence-corrected chi connectivity index (χ3v) is 6.64. The molecular weight excluding hydrogens is 396 g/mol.